The molecule has 8 N–H and O–H groups in total. The first kappa shape index (κ1) is 35.0. The number of hydrogen-bond acceptors (Lipinski definition) is 16. The van der Waals surface area contributed by atoms with Crippen LogP contribution < -0.4 is 18.9 Å². The molecule has 0 saturated carbocycles. The second-order valence-electron chi connectivity index (χ2n) is 12.3. The molecule has 4 aliphatic rings. The molecule has 0 spiro atoms. The minimum atomic E-state index is -1.59. The molecule has 4 aliphatic heterocycles. The lowest BCUT2D eigenvalue weighted by Crippen LogP contribution is -2.60. The van der Waals surface area contributed by atoms with Crippen molar-refractivity contribution in [3.05, 3.63) is 47.5 Å². The van der Waals surface area contributed by atoms with Crippen LogP contribution in [0.15, 0.2) is 36.4 Å². The summed E-state index contributed by atoms with van der Waals surface area (Å²) in [7, 11) is 2.90. The highest BCUT2D eigenvalue weighted by atomic mass is 16.7. The van der Waals surface area contributed by atoms with Gasteiger partial charge in [-0.25, -0.2) is 0 Å². The Labute approximate surface area is 275 Å². The molecule has 6 rings (SSSR count). The molecule has 4 saturated heterocycles. The van der Waals surface area contributed by atoms with E-state index >= 15 is 0 Å². The van der Waals surface area contributed by atoms with Crippen LogP contribution in [-0.2, 0) is 18.9 Å². The number of aliphatic hydroxyl groups excluding tert-OH is 8. The molecule has 4 heterocycles. The van der Waals surface area contributed by atoms with Crippen molar-refractivity contribution in [1.29, 1.82) is 0 Å². The van der Waals surface area contributed by atoms with E-state index in [0.717, 1.165) is 11.1 Å². The zero-order chi connectivity index (χ0) is 34.3. The molecular formula is C32H42O16. The van der Waals surface area contributed by atoms with Crippen LogP contribution >= 0.6 is 0 Å². The third-order valence-electron chi connectivity index (χ3n) is 9.48. The van der Waals surface area contributed by atoms with Crippen molar-refractivity contribution < 1.29 is 78.7 Å². The minimum absolute atomic E-state index is 0.0204. The van der Waals surface area contributed by atoms with E-state index in [4.69, 9.17) is 37.9 Å². The molecule has 4 fully saturated rings. The van der Waals surface area contributed by atoms with Gasteiger partial charge < -0.3 is 78.7 Å². The Hall–Kier alpha value is -2.84. The molecule has 16 nitrogen and oxygen atoms in total. The maximum Gasteiger partial charge on any atom is 0.229 e. The van der Waals surface area contributed by atoms with E-state index in [1.807, 2.05) is 0 Å². The minimum Gasteiger partial charge on any atom is -0.493 e. The summed E-state index contributed by atoms with van der Waals surface area (Å²) in [6, 6.07) is 10.3. The molecule has 14 atom stereocenters. The van der Waals surface area contributed by atoms with Crippen LogP contribution in [0.5, 0.6) is 23.0 Å². The van der Waals surface area contributed by atoms with Gasteiger partial charge in [-0.3, -0.25) is 0 Å². The van der Waals surface area contributed by atoms with Gasteiger partial charge in [0.25, 0.3) is 0 Å². The number of methoxy groups -OCH3 is 2. The van der Waals surface area contributed by atoms with Crippen LogP contribution in [0.2, 0.25) is 0 Å². The number of rotatable bonds is 10. The Balaban J connectivity index is 1.14. The van der Waals surface area contributed by atoms with Gasteiger partial charge >= 0.3 is 0 Å². The lowest BCUT2D eigenvalue weighted by atomic mass is 9.85. The highest BCUT2D eigenvalue weighted by molar-refractivity contribution is 5.46. The third kappa shape index (κ3) is 6.44. The monoisotopic (exact) mass is 682 g/mol. The summed E-state index contributed by atoms with van der Waals surface area (Å²) in [5.74, 6) is 0.997. The highest BCUT2D eigenvalue weighted by Gasteiger charge is 2.49. The first-order valence-corrected chi connectivity index (χ1v) is 15.6. The Morgan fingerprint density at radius 1 is 0.562 bits per heavy atom. The highest BCUT2D eigenvalue weighted by Crippen LogP contribution is 2.52. The van der Waals surface area contributed by atoms with Crippen LogP contribution in [0.4, 0.5) is 0 Å². The van der Waals surface area contributed by atoms with E-state index in [1.165, 1.54) is 14.2 Å². The summed E-state index contributed by atoms with van der Waals surface area (Å²) in [5, 5.41) is 80.1. The molecule has 48 heavy (non-hydrogen) atoms. The van der Waals surface area contributed by atoms with E-state index in [1.54, 1.807) is 36.4 Å². The van der Waals surface area contributed by atoms with Crippen LogP contribution in [0, 0.1) is 11.8 Å². The quantitative estimate of drug-likeness (QED) is 0.137. The van der Waals surface area contributed by atoms with Gasteiger partial charge in [0.15, 0.2) is 23.0 Å². The number of hydrogen-bond donors (Lipinski definition) is 8. The number of ether oxygens (including phenoxy) is 8. The molecule has 0 radical (unpaired) electrons. The summed E-state index contributed by atoms with van der Waals surface area (Å²) < 4.78 is 46.1. The number of fused-ring (bicyclic) bond motifs is 1. The van der Waals surface area contributed by atoms with E-state index in [0.29, 0.717) is 24.7 Å². The van der Waals surface area contributed by atoms with Crippen LogP contribution in [0.25, 0.3) is 0 Å². The molecule has 0 aliphatic carbocycles. The standard InChI is InChI=1S/C32H42O16/c1-41-19-7-13(3-5-17(19)45-31-27(39)25(37)23(35)21(9-33)47-31)29-15-11-44-30(16(15)12-43-29)14-4-6-18(20(8-14)42-2)46-32-28(40)26(38)24(36)22(10-34)48-32/h3-8,15-16,21-40H,9-12H2,1-2H3/t15-,16+,21-,22-,23+,24+,25+,26+,27-,28+,29+,30-,31+,32+/m0/s1. The molecule has 2 aromatic carbocycles. The van der Waals surface area contributed by atoms with Crippen molar-refractivity contribution >= 4 is 0 Å². The predicted octanol–water partition coefficient (Wildman–Crippen LogP) is -1.86. The molecular weight excluding hydrogens is 640 g/mol. The predicted molar refractivity (Wildman–Crippen MR) is 159 cm³/mol. The lowest BCUT2D eigenvalue weighted by molar-refractivity contribution is -0.277. The Kier molecular flexibility index (Phi) is 10.6. The second kappa shape index (κ2) is 14.6. The fraction of sp³-hybridized carbons (Fsp3) is 0.625. The SMILES string of the molecule is COc1cc([C@H]2OC[C@@H]3[C@@H]2CO[C@H]3c2ccc(O[C@@H]3O[C@@H](CO)[C@@H](O)[C@@H](O)[C@H]3O)c(OC)c2)ccc1O[C@@H]1O[C@@H](CO)[C@@H](O)[C@@H](O)[C@@H]1O. The van der Waals surface area contributed by atoms with Crippen LogP contribution in [0.3, 0.4) is 0 Å². The van der Waals surface area contributed by atoms with E-state index in [-0.39, 0.29) is 35.5 Å². The van der Waals surface area contributed by atoms with Crippen molar-refractivity contribution in [3.63, 3.8) is 0 Å². The maximum absolute atomic E-state index is 10.4. The van der Waals surface area contributed by atoms with E-state index in [2.05, 4.69) is 0 Å². The van der Waals surface area contributed by atoms with Crippen molar-refractivity contribution in [2.24, 2.45) is 11.8 Å². The van der Waals surface area contributed by atoms with Gasteiger partial charge in [0.05, 0.1) is 52.9 Å². The average molecular weight is 683 g/mol. The van der Waals surface area contributed by atoms with Gasteiger partial charge in [-0.2, -0.15) is 0 Å². The number of aliphatic hydroxyl groups is 8. The molecule has 0 amide bonds. The molecule has 16 heteroatoms. The van der Waals surface area contributed by atoms with E-state index in [9.17, 15) is 40.9 Å². The van der Waals surface area contributed by atoms with Gasteiger partial charge in [-0.15, -0.1) is 0 Å². The van der Waals surface area contributed by atoms with E-state index < -0.39 is 74.6 Å². The number of benzene rings is 2. The lowest BCUT2D eigenvalue weighted by Gasteiger charge is -2.39. The van der Waals surface area contributed by atoms with Gasteiger partial charge in [-0.1, -0.05) is 12.1 Å². The van der Waals surface area contributed by atoms with Crippen LogP contribution in [0.1, 0.15) is 23.3 Å². The summed E-state index contributed by atoms with van der Waals surface area (Å²) >= 11 is 0. The van der Waals surface area contributed by atoms with Gasteiger partial charge in [0.1, 0.15) is 48.8 Å². The smallest absolute Gasteiger partial charge is 0.229 e. The normalized spacial score (nSPS) is 39.5. The first-order valence-electron chi connectivity index (χ1n) is 15.6. The van der Waals surface area contributed by atoms with Gasteiger partial charge in [0, 0.05) is 11.8 Å². The van der Waals surface area contributed by atoms with Crippen molar-refractivity contribution in [1.82, 2.24) is 0 Å². The second-order valence-corrected chi connectivity index (χ2v) is 12.3. The fourth-order valence-electron chi connectivity index (χ4n) is 6.73. The van der Waals surface area contributed by atoms with Crippen molar-refractivity contribution in [2.45, 2.75) is 73.6 Å². The largest absolute Gasteiger partial charge is 0.493 e. The molecule has 0 unspecified atom stereocenters. The van der Waals surface area contributed by atoms with Crippen molar-refractivity contribution in [3.8, 4) is 23.0 Å². The van der Waals surface area contributed by atoms with Gasteiger partial charge in [0.2, 0.25) is 12.6 Å². The topological polar surface area (TPSA) is 236 Å². The molecule has 0 bridgehead atoms. The van der Waals surface area contributed by atoms with Crippen LogP contribution in [-0.4, -0.2) is 143 Å². The third-order valence-corrected chi connectivity index (χ3v) is 9.48. The molecule has 266 valence electrons. The van der Waals surface area contributed by atoms with Crippen molar-refractivity contribution in [2.75, 3.05) is 40.6 Å². The Bertz CT molecular complexity index is 1290. The summed E-state index contributed by atoms with van der Waals surface area (Å²) in [5.41, 5.74) is 1.59. The molecule has 2 aromatic rings. The fourth-order valence-corrected chi connectivity index (χ4v) is 6.73. The average Bonchev–Trinajstić information content (AvgIpc) is 3.72. The Morgan fingerprint density at radius 2 is 0.958 bits per heavy atom. The zero-order valence-electron chi connectivity index (χ0n) is 26.2. The van der Waals surface area contributed by atoms with Gasteiger partial charge in [-0.05, 0) is 35.4 Å². The summed E-state index contributed by atoms with van der Waals surface area (Å²) in [6.07, 6.45) is -15.0. The maximum atomic E-state index is 10.4. The first-order chi connectivity index (χ1) is 23.1. The molecule has 0 aromatic heterocycles. The summed E-state index contributed by atoms with van der Waals surface area (Å²) in [6.45, 7) is -0.371. The Morgan fingerprint density at radius 3 is 1.31 bits per heavy atom. The zero-order valence-corrected chi connectivity index (χ0v) is 26.2. The summed E-state index contributed by atoms with van der Waals surface area (Å²) in [4.78, 5) is 0.